The van der Waals surface area contributed by atoms with Crippen molar-refractivity contribution in [1.82, 2.24) is 10.2 Å². The Bertz CT molecular complexity index is 907. The Morgan fingerprint density at radius 1 is 1.37 bits per heavy atom. The lowest BCUT2D eigenvalue weighted by molar-refractivity contribution is -0.148. The first-order valence-electron chi connectivity index (χ1n) is 10.9. The number of piperidine rings is 1. The summed E-state index contributed by atoms with van der Waals surface area (Å²) in [6.07, 6.45) is 6.05. The summed E-state index contributed by atoms with van der Waals surface area (Å²) in [5.41, 5.74) is -0.928. The SMILES string of the molecule is CC(C)CCNC(=O)[C@H]1[C@H]2C(=O)N3[C@H](c4ccco4)CC(=O)[C@H](C)[C@@H]3[C@@]23C=C[C@H]1O3. The second-order valence-electron chi connectivity index (χ2n) is 9.45. The number of amides is 2. The van der Waals surface area contributed by atoms with Gasteiger partial charge in [-0.05, 0) is 24.5 Å². The fourth-order valence-electron chi connectivity index (χ4n) is 5.86. The molecule has 0 aliphatic carbocycles. The van der Waals surface area contributed by atoms with Gasteiger partial charge in [-0.15, -0.1) is 0 Å². The molecule has 4 aliphatic heterocycles. The minimum absolute atomic E-state index is 0.0887. The van der Waals surface area contributed by atoms with E-state index in [1.165, 1.54) is 0 Å². The predicted octanol–water partition coefficient (Wildman–Crippen LogP) is 2.24. The zero-order valence-corrected chi connectivity index (χ0v) is 17.5. The number of nitrogens with zero attached hydrogens (tertiary/aromatic N) is 1. The summed E-state index contributed by atoms with van der Waals surface area (Å²) >= 11 is 0. The minimum Gasteiger partial charge on any atom is -0.467 e. The van der Waals surface area contributed by atoms with Crippen LogP contribution >= 0.6 is 0 Å². The van der Waals surface area contributed by atoms with E-state index in [1.807, 2.05) is 19.1 Å². The highest BCUT2D eigenvalue weighted by molar-refractivity contribution is 5.96. The van der Waals surface area contributed by atoms with Gasteiger partial charge >= 0.3 is 0 Å². The largest absolute Gasteiger partial charge is 0.467 e. The van der Waals surface area contributed by atoms with Crippen LogP contribution in [0.25, 0.3) is 0 Å². The van der Waals surface area contributed by atoms with E-state index in [2.05, 4.69) is 19.2 Å². The maximum absolute atomic E-state index is 13.7. The first-order chi connectivity index (χ1) is 14.3. The van der Waals surface area contributed by atoms with Gasteiger partial charge in [0.15, 0.2) is 0 Å². The monoisotopic (exact) mass is 412 g/mol. The van der Waals surface area contributed by atoms with Gasteiger partial charge in [-0.1, -0.05) is 32.9 Å². The number of furan rings is 1. The Balaban J connectivity index is 1.49. The zero-order valence-electron chi connectivity index (χ0n) is 17.5. The van der Waals surface area contributed by atoms with Crippen molar-refractivity contribution in [3.63, 3.8) is 0 Å². The lowest BCUT2D eigenvalue weighted by Gasteiger charge is -2.43. The van der Waals surface area contributed by atoms with E-state index in [9.17, 15) is 14.4 Å². The third kappa shape index (κ3) is 2.57. The molecule has 2 bridgehead atoms. The van der Waals surface area contributed by atoms with Gasteiger partial charge in [0.2, 0.25) is 11.8 Å². The summed E-state index contributed by atoms with van der Waals surface area (Å²) in [6, 6.07) is 2.68. The lowest BCUT2D eigenvalue weighted by atomic mass is 9.70. The quantitative estimate of drug-likeness (QED) is 0.750. The smallest absolute Gasteiger partial charge is 0.230 e. The molecule has 2 amide bonds. The first kappa shape index (κ1) is 19.5. The van der Waals surface area contributed by atoms with Crippen LogP contribution in [0.15, 0.2) is 35.0 Å². The fourth-order valence-corrected chi connectivity index (χ4v) is 5.86. The molecule has 7 atom stereocenters. The number of carbonyl (C=O) groups is 3. The van der Waals surface area contributed by atoms with Crippen LogP contribution in [0.5, 0.6) is 0 Å². The number of fused-ring (bicyclic) bond motifs is 2. The molecule has 30 heavy (non-hydrogen) atoms. The predicted molar refractivity (Wildman–Crippen MR) is 107 cm³/mol. The van der Waals surface area contributed by atoms with E-state index in [0.29, 0.717) is 18.2 Å². The second kappa shape index (κ2) is 6.80. The average Bonchev–Trinajstić information content (AvgIpc) is 3.46. The summed E-state index contributed by atoms with van der Waals surface area (Å²) in [5.74, 6) is -0.628. The Labute approximate surface area is 175 Å². The second-order valence-corrected chi connectivity index (χ2v) is 9.45. The van der Waals surface area contributed by atoms with Crippen LogP contribution in [0, 0.1) is 23.7 Å². The number of ether oxygens (including phenoxy) is 1. The molecule has 1 N–H and O–H groups in total. The van der Waals surface area contributed by atoms with Gasteiger partial charge in [0.05, 0.1) is 36.3 Å². The van der Waals surface area contributed by atoms with E-state index in [-0.39, 0.29) is 29.9 Å². The third-order valence-electron chi connectivity index (χ3n) is 7.28. The summed E-state index contributed by atoms with van der Waals surface area (Å²) in [4.78, 5) is 41.5. The van der Waals surface area contributed by atoms with Crippen LogP contribution in [0.4, 0.5) is 0 Å². The molecule has 0 aromatic carbocycles. The number of ketones is 1. The van der Waals surface area contributed by atoms with Crippen molar-refractivity contribution in [3.05, 3.63) is 36.3 Å². The van der Waals surface area contributed by atoms with E-state index < -0.39 is 35.6 Å². The van der Waals surface area contributed by atoms with E-state index in [0.717, 1.165) is 6.42 Å². The van der Waals surface area contributed by atoms with Gasteiger partial charge in [0, 0.05) is 18.9 Å². The van der Waals surface area contributed by atoms with Crippen LogP contribution < -0.4 is 5.32 Å². The van der Waals surface area contributed by atoms with Crippen molar-refractivity contribution in [1.29, 1.82) is 0 Å². The van der Waals surface area contributed by atoms with Crippen molar-refractivity contribution in [3.8, 4) is 0 Å². The van der Waals surface area contributed by atoms with Gasteiger partial charge in [0.25, 0.3) is 0 Å². The third-order valence-corrected chi connectivity index (χ3v) is 7.28. The molecule has 0 unspecified atom stereocenters. The summed E-state index contributed by atoms with van der Waals surface area (Å²) in [6.45, 7) is 6.66. The van der Waals surface area contributed by atoms with Gasteiger partial charge in [-0.2, -0.15) is 0 Å². The normalized spacial score (nSPS) is 39.0. The molecule has 4 aliphatic rings. The maximum Gasteiger partial charge on any atom is 0.230 e. The number of Topliss-reactive ketones (excluding diaryl/α,β-unsaturated/α-hetero) is 1. The van der Waals surface area contributed by atoms with Crippen molar-refractivity contribution in [2.24, 2.45) is 23.7 Å². The number of hydrogen-bond donors (Lipinski definition) is 1. The van der Waals surface area contributed by atoms with E-state index in [1.54, 1.807) is 23.3 Å². The maximum atomic E-state index is 13.7. The molecule has 1 aromatic heterocycles. The molecule has 3 saturated heterocycles. The van der Waals surface area contributed by atoms with Crippen LogP contribution in [0.3, 0.4) is 0 Å². The highest BCUT2D eigenvalue weighted by Crippen LogP contribution is 2.59. The molecule has 7 nitrogen and oxygen atoms in total. The van der Waals surface area contributed by atoms with Gasteiger partial charge in [-0.3, -0.25) is 14.4 Å². The number of nitrogens with one attached hydrogen (secondary N) is 1. The first-order valence-corrected chi connectivity index (χ1v) is 10.9. The Hall–Kier alpha value is -2.41. The molecule has 0 saturated carbocycles. The molecule has 0 radical (unpaired) electrons. The molecule has 160 valence electrons. The van der Waals surface area contributed by atoms with Gasteiger partial charge in [-0.25, -0.2) is 0 Å². The lowest BCUT2D eigenvalue weighted by Crippen LogP contribution is -2.55. The van der Waals surface area contributed by atoms with Crippen molar-refractivity contribution < 1.29 is 23.5 Å². The van der Waals surface area contributed by atoms with E-state index in [4.69, 9.17) is 9.15 Å². The highest BCUT2D eigenvalue weighted by Gasteiger charge is 2.74. The molecular weight excluding hydrogens is 384 g/mol. The Morgan fingerprint density at radius 3 is 2.87 bits per heavy atom. The fraction of sp³-hybridized carbons (Fsp3) is 0.609. The molecular formula is C23H28N2O5. The van der Waals surface area contributed by atoms with Crippen LogP contribution in [-0.2, 0) is 19.1 Å². The molecule has 7 heteroatoms. The molecule has 5 rings (SSSR count). The van der Waals surface area contributed by atoms with Crippen LogP contribution in [0.1, 0.15) is 45.4 Å². The molecule has 5 heterocycles. The summed E-state index contributed by atoms with van der Waals surface area (Å²) < 4.78 is 11.9. The standard InChI is InChI=1S/C23H28N2O5/c1-12(2)7-9-24-21(27)18-17-6-8-23(30-17)19(18)22(28)25-14(16-5-4-10-29-16)11-15(26)13(3)20(23)25/h4-6,8,10,12-14,17-20H,7,9,11H2,1-3H3,(H,24,27)/t13-,14-,17+,18+,19-,20+,23+/m0/s1. The summed E-state index contributed by atoms with van der Waals surface area (Å²) in [5, 5.41) is 3.00. The van der Waals surface area contributed by atoms with Crippen molar-refractivity contribution in [2.75, 3.05) is 6.54 Å². The van der Waals surface area contributed by atoms with Crippen molar-refractivity contribution in [2.45, 2.75) is 57.4 Å². The van der Waals surface area contributed by atoms with E-state index >= 15 is 0 Å². The Kier molecular flexibility index (Phi) is 4.43. The van der Waals surface area contributed by atoms with Crippen LogP contribution in [0.2, 0.25) is 0 Å². The molecule has 1 aromatic rings. The molecule has 1 spiro atoms. The summed E-state index contributed by atoms with van der Waals surface area (Å²) in [7, 11) is 0. The number of rotatable bonds is 5. The van der Waals surface area contributed by atoms with Crippen molar-refractivity contribution >= 4 is 17.6 Å². The average molecular weight is 412 g/mol. The van der Waals surface area contributed by atoms with Crippen LogP contribution in [-0.4, -0.2) is 46.8 Å². The number of carbonyl (C=O) groups excluding carboxylic acids is 3. The van der Waals surface area contributed by atoms with Gasteiger partial charge in [0.1, 0.15) is 17.1 Å². The zero-order chi connectivity index (χ0) is 21.2. The topological polar surface area (TPSA) is 88.9 Å². The van der Waals surface area contributed by atoms with Gasteiger partial charge < -0.3 is 19.4 Å². The minimum atomic E-state index is -0.928. The Morgan fingerprint density at radius 2 is 2.17 bits per heavy atom. The molecule has 3 fully saturated rings. The highest BCUT2D eigenvalue weighted by atomic mass is 16.5. The number of hydrogen-bond acceptors (Lipinski definition) is 5.